The molecule has 1 aromatic carbocycles. The maximum atomic E-state index is 11.5. The largest absolute Gasteiger partial charge is 0.482 e. The van der Waals surface area contributed by atoms with Crippen LogP contribution in [0.5, 0.6) is 5.75 Å². The number of hydrogen-bond acceptors (Lipinski definition) is 4. The quantitative estimate of drug-likeness (QED) is 0.638. The molecule has 0 aliphatic heterocycles. The highest BCUT2D eigenvalue weighted by Crippen LogP contribution is 2.16. The van der Waals surface area contributed by atoms with Gasteiger partial charge in [0.15, 0.2) is 6.61 Å². The highest BCUT2D eigenvalue weighted by molar-refractivity contribution is 5.71. The molecule has 0 aromatic heterocycles. The Morgan fingerprint density at radius 2 is 2.10 bits per heavy atom. The zero-order valence-electron chi connectivity index (χ0n) is 11.1. The van der Waals surface area contributed by atoms with Gasteiger partial charge in [0.1, 0.15) is 12.0 Å². The summed E-state index contributed by atoms with van der Waals surface area (Å²) >= 11 is 0. The van der Waals surface area contributed by atoms with Crippen molar-refractivity contribution < 1.29 is 14.3 Å². The molecule has 104 valence electrons. The average Bonchev–Trinajstić information content (AvgIpc) is 2.97. The van der Waals surface area contributed by atoms with Gasteiger partial charge >= 0.3 is 5.97 Å². The van der Waals surface area contributed by atoms with Gasteiger partial charge in [0.25, 0.3) is 0 Å². The molecule has 0 fully saturated rings. The van der Waals surface area contributed by atoms with Crippen LogP contribution < -0.4 is 10.5 Å². The Morgan fingerprint density at radius 1 is 1.30 bits per heavy atom. The first-order valence-corrected chi connectivity index (χ1v) is 6.40. The molecule has 0 radical (unpaired) electrons. The molecule has 0 atom stereocenters. The molecule has 20 heavy (non-hydrogen) atoms. The Hall–Kier alpha value is -2.49. The molecule has 0 unspecified atom stereocenters. The van der Waals surface area contributed by atoms with Crippen molar-refractivity contribution >= 4 is 5.97 Å². The summed E-state index contributed by atoms with van der Waals surface area (Å²) < 4.78 is 10.2. The van der Waals surface area contributed by atoms with Gasteiger partial charge in [-0.15, -0.1) is 0 Å². The first-order valence-electron chi connectivity index (χ1n) is 6.40. The summed E-state index contributed by atoms with van der Waals surface area (Å²) in [6.45, 7) is -0.141. The van der Waals surface area contributed by atoms with E-state index in [0.717, 1.165) is 6.42 Å². The van der Waals surface area contributed by atoms with Gasteiger partial charge in [0, 0.05) is 12.1 Å². The van der Waals surface area contributed by atoms with Crippen LogP contribution in [0.2, 0.25) is 0 Å². The minimum absolute atomic E-state index is 0.141. The number of ether oxygens (including phenoxy) is 2. The molecule has 2 rings (SSSR count). The van der Waals surface area contributed by atoms with Crippen LogP contribution in [0.3, 0.4) is 0 Å². The second kappa shape index (κ2) is 7.19. The molecule has 1 aliphatic rings. The van der Waals surface area contributed by atoms with E-state index in [1.165, 1.54) is 11.8 Å². The summed E-state index contributed by atoms with van der Waals surface area (Å²) in [5, 5.41) is 0. The SMILES string of the molecule is N/C(=C\OC(=O)COc1ccccc1)CC1=CC=CC1. The van der Waals surface area contributed by atoms with E-state index in [9.17, 15) is 4.79 Å². The van der Waals surface area contributed by atoms with Crippen molar-refractivity contribution in [3.05, 3.63) is 66.1 Å². The average molecular weight is 271 g/mol. The molecule has 0 saturated carbocycles. The molecular weight excluding hydrogens is 254 g/mol. The van der Waals surface area contributed by atoms with Crippen molar-refractivity contribution in [3.8, 4) is 5.75 Å². The van der Waals surface area contributed by atoms with Crippen molar-refractivity contribution in [2.75, 3.05) is 6.61 Å². The molecule has 2 N–H and O–H groups in total. The first kappa shape index (κ1) is 13.9. The standard InChI is InChI=1S/C16H17NO3/c17-14(10-13-6-4-5-7-13)11-20-16(18)12-19-15-8-2-1-3-9-15/h1-6,8-9,11H,7,10,12,17H2/b14-11-. The first-order chi connectivity index (χ1) is 9.74. The van der Waals surface area contributed by atoms with Crippen molar-refractivity contribution in [1.82, 2.24) is 0 Å². The number of allylic oxidation sites excluding steroid dienone is 4. The Balaban J connectivity index is 1.71. The Kier molecular flexibility index (Phi) is 5.00. The molecule has 1 aliphatic carbocycles. The van der Waals surface area contributed by atoms with E-state index >= 15 is 0 Å². The lowest BCUT2D eigenvalue weighted by Gasteiger charge is -2.05. The second-order valence-corrected chi connectivity index (χ2v) is 4.42. The molecule has 1 aromatic rings. The maximum absolute atomic E-state index is 11.5. The number of nitrogens with two attached hydrogens (primary N) is 1. The zero-order valence-corrected chi connectivity index (χ0v) is 11.1. The minimum Gasteiger partial charge on any atom is -0.482 e. The summed E-state index contributed by atoms with van der Waals surface area (Å²) in [4.78, 5) is 11.5. The van der Waals surface area contributed by atoms with Gasteiger partial charge in [-0.2, -0.15) is 0 Å². The fourth-order valence-corrected chi connectivity index (χ4v) is 1.76. The molecule has 0 saturated heterocycles. The predicted molar refractivity (Wildman–Crippen MR) is 76.8 cm³/mol. The van der Waals surface area contributed by atoms with E-state index in [1.807, 2.05) is 30.4 Å². The Morgan fingerprint density at radius 3 is 2.80 bits per heavy atom. The molecule has 0 heterocycles. The van der Waals surface area contributed by atoms with Crippen LogP contribution in [-0.4, -0.2) is 12.6 Å². The summed E-state index contributed by atoms with van der Waals surface area (Å²) in [7, 11) is 0. The van der Waals surface area contributed by atoms with Crippen molar-refractivity contribution in [3.63, 3.8) is 0 Å². The van der Waals surface area contributed by atoms with Gasteiger partial charge in [-0.1, -0.05) is 42.0 Å². The number of carbonyl (C=O) groups excluding carboxylic acids is 1. The summed E-state index contributed by atoms with van der Waals surface area (Å²) in [6, 6.07) is 9.10. The van der Waals surface area contributed by atoms with Crippen molar-refractivity contribution in [2.24, 2.45) is 5.73 Å². The van der Waals surface area contributed by atoms with Gasteiger partial charge in [0.2, 0.25) is 0 Å². The molecular formula is C16H17NO3. The van der Waals surface area contributed by atoms with Gasteiger partial charge in [0.05, 0.1) is 0 Å². The van der Waals surface area contributed by atoms with Gasteiger partial charge < -0.3 is 15.2 Å². The number of carbonyl (C=O) groups is 1. The van der Waals surface area contributed by atoms with E-state index in [2.05, 4.69) is 6.08 Å². The molecule has 0 amide bonds. The highest BCUT2D eigenvalue weighted by Gasteiger charge is 2.05. The van der Waals surface area contributed by atoms with E-state index in [1.54, 1.807) is 12.1 Å². The van der Waals surface area contributed by atoms with Gasteiger partial charge in [-0.05, 0) is 18.6 Å². The van der Waals surface area contributed by atoms with Crippen LogP contribution in [0.25, 0.3) is 0 Å². The number of benzene rings is 1. The van der Waals surface area contributed by atoms with Crippen molar-refractivity contribution in [2.45, 2.75) is 12.8 Å². The predicted octanol–water partition coefficient (Wildman–Crippen LogP) is 2.69. The summed E-state index contributed by atoms with van der Waals surface area (Å²) in [5.41, 5.74) is 7.51. The van der Waals surface area contributed by atoms with Crippen LogP contribution in [0.15, 0.2) is 66.1 Å². The highest BCUT2D eigenvalue weighted by atomic mass is 16.6. The Bertz CT molecular complexity index is 544. The van der Waals surface area contributed by atoms with Crippen LogP contribution in [0.4, 0.5) is 0 Å². The zero-order chi connectivity index (χ0) is 14.2. The van der Waals surface area contributed by atoms with Crippen LogP contribution in [0, 0.1) is 0 Å². The lowest BCUT2D eigenvalue weighted by molar-refractivity contribution is -0.140. The maximum Gasteiger partial charge on any atom is 0.349 e. The third-order valence-corrected chi connectivity index (χ3v) is 2.72. The van der Waals surface area contributed by atoms with Crippen LogP contribution in [0.1, 0.15) is 12.8 Å². The van der Waals surface area contributed by atoms with Gasteiger partial charge in [-0.25, -0.2) is 4.79 Å². The van der Waals surface area contributed by atoms with Crippen LogP contribution >= 0.6 is 0 Å². The molecule has 4 heteroatoms. The number of rotatable bonds is 6. The van der Waals surface area contributed by atoms with Crippen LogP contribution in [-0.2, 0) is 9.53 Å². The summed E-state index contributed by atoms with van der Waals surface area (Å²) in [6.07, 6.45) is 8.86. The lowest BCUT2D eigenvalue weighted by Crippen LogP contribution is -2.13. The second-order valence-electron chi connectivity index (χ2n) is 4.42. The van der Waals surface area contributed by atoms with E-state index in [4.69, 9.17) is 15.2 Å². The normalized spacial score (nSPS) is 14.0. The minimum atomic E-state index is -0.477. The molecule has 4 nitrogen and oxygen atoms in total. The van der Waals surface area contributed by atoms with Crippen molar-refractivity contribution in [1.29, 1.82) is 0 Å². The fourth-order valence-electron chi connectivity index (χ4n) is 1.76. The smallest absolute Gasteiger partial charge is 0.349 e. The monoisotopic (exact) mass is 271 g/mol. The lowest BCUT2D eigenvalue weighted by atomic mass is 10.1. The van der Waals surface area contributed by atoms with E-state index < -0.39 is 5.97 Å². The molecule has 0 spiro atoms. The van der Waals surface area contributed by atoms with Gasteiger partial charge in [-0.3, -0.25) is 0 Å². The number of esters is 1. The van der Waals surface area contributed by atoms with E-state index in [0.29, 0.717) is 17.9 Å². The number of hydrogen-bond donors (Lipinski definition) is 1. The fraction of sp³-hybridized carbons (Fsp3) is 0.188. The third kappa shape index (κ3) is 4.65. The Labute approximate surface area is 118 Å². The number of para-hydroxylation sites is 1. The summed E-state index contributed by atoms with van der Waals surface area (Å²) in [5.74, 6) is 0.152. The third-order valence-electron chi connectivity index (χ3n) is 2.72. The molecule has 0 bridgehead atoms. The topological polar surface area (TPSA) is 61.5 Å². The van der Waals surface area contributed by atoms with E-state index in [-0.39, 0.29) is 6.61 Å².